The van der Waals surface area contributed by atoms with E-state index >= 15 is 0 Å². The molecule has 1 aromatic carbocycles. The molecule has 8 heteroatoms. The molecule has 2 amide bonds. The van der Waals surface area contributed by atoms with Crippen LogP contribution in [0.1, 0.15) is 29.8 Å². The number of carbonyl (C=O) groups is 1. The van der Waals surface area contributed by atoms with Gasteiger partial charge in [0.2, 0.25) is 0 Å². The minimum Gasteiger partial charge on any atom is -0.381 e. The molecule has 2 aliphatic heterocycles. The van der Waals surface area contributed by atoms with Crippen LogP contribution in [0.3, 0.4) is 0 Å². The third kappa shape index (κ3) is 4.34. The predicted octanol–water partition coefficient (Wildman–Crippen LogP) is 5.00. The lowest BCUT2D eigenvalue weighted by Crippen LogP contribution is -2.61. The zero-order valence-electron chi connectivity index (χ0n) is 18.7. The normalized spacial score (nSPS) is 16.8. The van der Waals surface area contributed by atoms with Gasteiger partial charge in [-0.15, -0.1) is 0 Å². The average Bonchev–Trinajstić information content (AvgIpc) is 3.21. The molecule has 1 N–H and O–H groups in total. The molecule has 168 valence electrons. The summed E-state index contributed by atoms with van der Waals surface area (Å²) in [6.45, 7) is 7.02. The van der Waals surface area contributed by atoms with E-state index in [0.29, 0.717) is 10.7 Å². The number of nitrogens with one attached hydrogen (secondary N) is 1. The highest BCUT2D eigenvalue weighted by Crippen LogP contribution is 2.42. The van der Waals surface area contributed by atoms with Gasteiger partial charge in [0.15, 0.2) is 5.13 Å². The number of nitriles is 1. The Hall–Kier alpha value is -3.28. The highest BCUT2D eigenvalue weighted by Gasteiger charge is 2.46. The Labute approximate surface area is 197 Å². The van der Waals surface area contributed by atoms with Crippen LogP contribution >= 0.6 is 11.3 Å². The largest absolute Gasteiger partial charge is 0.381 e. The minimum atomic E-state index is -0.119. The van der Waals surface area contributed by atoms with Crippen molar-refractivity contribution in [3.63, 3.8) is 0 Å². The molecule has 0 saturated carbocycles. The summed E-state index contributed by atoms with van der Waals surface area (Å²) in [4.78, 5) is 25.0. The Morgan fingerprint density at radius 3 is 2.55 bits per heavy atom. The molecular weight excluding hydrogens is 434 g/mol. The van der Waals surface area contributed by atoms with Gasteiger partial charge in [-0.3, -0.25) is 10.3 Å². The van der Waals surface area contributed by atoms with E-state index in [1.165, 1.54) is 11.3 Å². The standard InChI is InChI=1S/C25H25N5O2S/c1-16-10-20(11-17(2)27-16)22-21(19-5-3-4-18(12-19)13-26)28-23(33-22)29-24(31)30-14-25(15-30)6-8-32-9-7-25/h3-5,10-12H,6-9,14-15H2,1-2H3,(H,28,29,31). The van der Waals surface area contributed by atoms with E-state index in [1.807, 2.05) is 49.1 Å². The number of rotatable bonds is 3. The van der Waals surface area contributed by atoms with Gasteiger partial charge in [-0.25, -0.2) is 9.78 Å². The summed E-state index contributed by atoms with van der Waals surface area (Å²) in [6, 6.07) is 13.5. The number of anilines is 1. The van der Waals surface area contributed by atoms with Gasteiger partial charge in [0, 0.05) is 48.7 Å². The number of hydrogen-bond acceptors (Lipinski definition) is 6. The molecule has 7 nitrogen and oxygen atoms in total. The Bertz CT molecular complexity index is 1230. The number of hydrogen-bond donors (Lipinski definition) is 1. The molecule has 0 unspecified atom stereocenters. The molecule has 33 heavy (non-hydrogen) atoms. The van der Waals surface area contributed by atoms with Crippen LogP contribution in [0.5, 0.6) is 0 Å². The van der Waals surface area contributed by atoms with Crippen molar-refractivity contribution in [1.29, 1.82) is 5.26 Å². The highest BCUT2D eigenvalue weighted by atomic mass is 32.1. The molecule has 2 aromatic heterocycles. The summed E-state index contributed by atoms with van der Waals surface area (Å²) < 4.78 is 5.47. The van der Waals surface area contributed by atoms with Gasteiger partial charge < -0.3 is 9.64 Å². The smallest absolute Gasteiger partial charge is 0.323 e. The third-order valence-electron chi connectivity index (χ3n) is 6.34. The first-order valence-corrected chi connectivity index (χ1v) is 11.9. The molecule has 0 radical (unpaired) electrons. The minimum absolute atomic E-state index is 0.119. The molecule has 4 heterocycles. The van der Waals surface area contributed by atoms with Crippen LogP contribution in [-0.4, -0.2) is 47.2 Å². The highest BCUT2D eigenvalue weighted by molar-refractivity contribution is 7.19. The van der Waals surface area contributed by atoms with Gasteiger partial charge in [-0.1, -0.05) is 23.5 Å². The summed E-state index contributed by atoms with van der Waals surface area (Å²) in [5.41, 5.74) is 5.23. The molecule has 5 rings (SSSR count). The number of aromatic nitrogens is 2. The van der Waals surface area contributed by atoms with Crippen LogP contribution < -0.4 is 5.32 Å². The molecule has 1 spiro atoms. The lowest BCUT2D eigenvalue weighted by molar-refractivity contribution is -0.0596. The van der Waals surface area contributed by atoms with Gasteiger partial charge >= 0.3 is 6.03 Å². The van der Waals surface area contributed by atoms with Crippen molar-refractivity contribution < 1.29 is 9.53 Å². The van der Waals surface area contributed by atoms with E-state index < -0.39 is 0 Å². The van der Waals surface area contributed by atoms with E-state index in [0.717, 1.165) is 72.2 Å². The Kier molecular flexibility index (Phi) is 5.60. The number of nitrogens with zero attached hydrogens (tertiary/aromatic N) is 4. The van der Waals surface area contributed by atoms with Crippen LogP contribution in [0.15, 0.2) is 36.4 Å². The second-order valence-corrected chi connectivity index (χ2v) is 9.93. The lowest BCUT2D eigenvalue weighted by Gasteiger charge is -2.51. The number of urea groups is 1. The summed E-state index contributed by atoms with van der Waals surface area (Å²) in [7, 11) is 0. The average molecular weight is 460 g/mol. The van der Waals surface area contributed by atoms with Crippen molar-refractivity contribution in [3.8, 4) is 27.8 Å². The maximum absolute atomic E-state index is 12.9. The number of aryl methyl sites for hydroxylation is 2. The van der Waals surface area contributed by atoms with Crippen molar-refractivity contribution in [3.05, 3.63) is 53.3 Å². The van der Waals surface area contributed by atoms with Crippen molar-refractivity contribution in [2.75, 3.05) is 31.6 Å². The van der Waals surface area contributed by atoms with Gasteiger partial charge in [-0.2, -0.15) is 5.26 Å². The Morgan fingerprint density at radius 2 is 1.85 bits per heavy atom. The predicted molar refractivity (Wildman–Crippen MR) is 128 cm³/mol. The monoisotopic (exact) mass is 459 g/mol. The van der Waals surface area contributed by atoms with Gasteiger partial charge in [-0.05, 0) is 56.5 Å². The van der Waals surface area contributed by atoms with Gasteiger partial charge in [0.1, 0.15) is 0 Å². The summed E-state index contributed by atoms with van der Waals surface area (Å²) in [5, 5.41) is 12.9. The summed E-state index contributed by atoms with van der Waals surface area (Å²) in [5.74, 6) is 0. The second kappa shape index (κ2) is 8.58. The lowest BCUT2D eigenvalue weighted by atomic mass is 9.73. The van der Waals surface area contributed by atoms with Crippen LogP contribution in [0.25, 0.3) is 21.7 Å². The van der Waals surface area contributed by atoms with E-state index in [2.05, 4.69) is 16.4 Å². The van der Waals surface area contributed by atoms with Crippen molar-refractivity contribution in [2.45, 2.75) is 26.7 Å². The molecule has 2 saturated heterocycles. The fourth-order valence-corrected chi connectivity index (χ4v) is 5.63. The Balaban J connectivity index is 1.44. The van der Waals surface area contributed by atoms with E-state index in [1.54, 1.807) is 6.07 Å². The summed E-state index contributed by atoms with van der Waals surface area (Å²) in [6.07, 6.45) is 2.02. The zero-order valence-corrected chi connectivity index (χ0v) is 19.5. The number of thiazole rings is 1. The molecule has 3 aromatic rings. The Morgan fingerprint density at radius 1 is 1.12 bits per heavy atom. The number of likely N-dealkylation sites (tertiary alicyclic amines) is 1. The van der Waals surface area contributed by atoms with Gasteiger partial charge in [0.25, 0.3) is 0 Å². The topological polar surface area (TPSA) is 91.1 Å². The molecule has 0 atom stereocenters. The number of ether oxygens (including phenoxy) is 1. The molecular formula is C25H25N5O2S. The first-order chi connectivity index (χ1) is 15.9. The van der Waals surface area contributed by atoms with E-state index in [-0.39, 0.29) is 11.4 Å². The maximum Gasteiger partial charge on any atom is 0.323 e. The molecule has 0 aliphatic carbocycles. The molecule has 2 aliphatic rings. The SMILES string of the molecule is Cc1cc(-c2sc(NC(=O)N3CC4(CCOCC4)C3)nc2-c2cccc(C#N)c2)cc(C)n1. The summed E-state index contributed by atoms with van der Waals surface area (Å²) >= 11 is 1.45. The third-order valence-corrected chi connectivity index (χ3v) is 7.36. The molecule has 0 bridgehead atoms. The second-order valence-electron chi connectivity index (χ2n) is 8.93. The van der Waals surface area contributed by atoms with Crippen LogP contribution in [0, 0.1) is 30.6 Å². The van der Waals surface area contributed by atoms with Crippen molar-refractivity contribution in [2.24, 2.45) is 5.41 Å². The maximum atomic E-state index is 12.9. The zero-order chi connectivity index (χ0) is 23.0. The number of carbonyl (C=O) groups excluding carboxylic acids is 1. The van der Waals surface area contributed by atoms with Gasteiger partial charge in [0.05, 0.1) is 22.2 Å². The number of amides is 2. The fraction of sp³-hybridized carbons (Fsp3) is 0.360. The number of benzene rings is 1. The first kappa shape index (κ1) is 21.6. The van der Waals surface area contributed by atoms with Crippen molar-refractivity contribution >= 4 is 22.5 Å². The van der Waals surface area contributed by atoms with E-state index in [9.17, 15) is 10.1 Å². The quantitative estimate of drug-likeness (QED) is 0.595. The molecule has 2 fully saturated rings. The number of pyridine rings is 1. The van der Waals surface area contributed by atoms with Crippen LogP contribution in [-0.2, 0) is 4.74 Å². The van der Waals surface area contributed by atoms with Crippen LogP contribution in [0.4, 0.5) is 9.93 Å². The van der Waals surface area contributed by atoms with Crippen molar-refractivity contribution in [1.82, 2.24) is 14.9 Å². The fourth-order valence-electron chi connectivity index (χ4n) is 4.66. The first-order valence-electron chi connectivity index (χ1n) is 11.1. The van der Waals surface area contributed by atoms with E-state index in [4.69, 9.17) is 9.72 Å². The van der Waals surface area contributed by atoms with Crippen LogP contribution in [0.2, 0.25) is 0 Å².